The maximum Gasteiger partial charge on any atom is 0.352 e. The summed E-state index contributed by atoms with van der Waals surface area (Å²) >= 11 is 0. The van der Waals surface area contributed by atoms with E-state index in [1.54, 1.807) is 7.11 Å². The number of fused-ring (bicyclic) bond motifs is 1. The van der Waals surface area contributed by atoms with Crippen LogP contribution in [0.5, 0.6) is 0 Å². The quantitative estimate of drug-likeness (QED) is 0.596. The molecule has 0 saturated carbocycles. The number of carbonyl (C=O) groups is 1. The first-order valence-corrected chi connectivity index (χ1v) is 9.12. The maximum absolute atomic E-state index is 12.2. The Morgan fingerprint density at radius 3 is 2.70 bits per heavy atom. The Hall–Kier alpha value is -2.63. The summed E-state index contributed by atoms with van der Waals surface area (Å²) in [7, 11) is 1.65. The number of ether oxygens (including phenoxy) is 1. The average molecular weight is 366 g/mol. The molecular weight excluding hydrogens is 340 g/mol. The van der Waals surface area contributed by atoms with Gasteiger partial charge < -0.3 is 19.7 Å². The molecule has 0 fully saturated rings. The monoisotopic (exact) mass is 366 g/mol. The minimum atomic E-state index is -0.903. The highest BCUT2D eigenvalue weighted by molar-refractivity contribution is 5.98. The smallest absolute Gasteiger partial charge is 0.352 e. The minimum Gasteiger partial charge on any atom is -0.477 e. The van der Waals surface area contributed by atoms with Crippen molar-refractivity contribution >= 4 is 16.9 Å². The van der Waals surface area contributed by atoms with Crippen molar-refractivity contribution in [2.45, 2.75) is 26.9 Å². The van der Waals surface area contributed by atoms with Crippen LogP contribution in [0.3, 0.4) is 0 Å². The molecule has 0 bridgehead atoms. The predicted molar refractivity (Wildman–Crippen MR) is 107 cm³/mol. The number of methoxy groups -OCH3 is 1. The van der Waals surface area contributed by atoms with Crippen LogP contribution in [0.4, 0.5) is 0 Å². The third-order valence-electron chi connectivity index (χ3n) is 4.90. The molecule has 27 heavy (non-hydrogen) atoms. The zero-order chi connectivity index (χ0) is 19.4. The zero-order valence-electron chi connectivity index (χ0n) is 16.1. The molecule has 5 nitrogen and oxygen atoms in total. The highest BCUT2D eigenvalue weighted by atomic mass is 16.5. The van der Waals surface area contributed by atoms with E-state index >= 15 is 0 Å². The van der Waals surface area contributed by atoms with Crippen LogP contribution in [0.1, 0.15) is 32.7 Å². The SMILES string of the molecule is COCCNCc1c(C(=O)O)n(Cc2cc(C)ccc2C)c2ccccc12. The van der Waals surface area contributed by atoms with Gasteiger partial charge in [-0.25, -0.2) is 4.79 Å². The van der Waals surface area contributed by atoms with Crippen LogP contribution in [-0.4, -0.2) is 35.9 Å². The van der Waals surface area contributed by atoms with Gasteiger partial charge in [0.2, 0.25) is 0 Å². The van der Waals surface area contributed by atoms with Crippen LogP contribution in [0.2, 0.25) is 0 Å². The van der Waals surface area contributed by atoms with Gasteiger partial charge in [-0.2, -0.15) is 0 Å². The second-order valence-corrected chi connectivity index (χ2v) is 6.84. The van der Waals surface area contributed by atoms with Crippen molar-refractivity contribution in [3.8, 4) is 0 Å². The Morgan fingerprint density at radius 1 is 1.19 bits per heavy atom. The number of carboxylic acids is 1. The number of para-hydroxylation sites is 1. The molecule has 2 aromatic carbocycles. The van der Waals surface area contributed by atoms with E-state index in [2.05, 4.69) is 37.4 Å². The van der Waals surface area contributed by atoms with Gasteiger partial charge in [0, 0.05) is 43.2 Å². The number of nitrogens with zero attached hydrogens (tertiary/aromatic N) is 1. The molecule has 0 saturated heterocycles. The Labute approximate surface area is 159 Å². The normalized spacial score (nSPS) is 11.2. The number of aryl methyl sites for hydroxylation is 2. The van der Waals surface area contributed by atoms with Gasteiger partial charge >= 0.3 is 5.97 Å². The molecule has 0 spiro atoms. The van der Waals surface area contributed by atoms with Crippen LogP contribution < -0.4 is 5.32 Å². The highest BCUT2D eigenvalue weighted by Gasteiger charge is 2.22. The largest absolute Gasteiger partial charge is 0.477 e. The summed E-state index contributed by atoms with van der Waals surface area (Å²) in [5, 5.41) is 14.2. The molecule has 0 unspecified atom stereocenters. The Balaban J connectivity index is 2.09. The average Bonchev–Trinajstić information content (AvgIpc) is 2.96. The summed E-state index contributed by atoms with van der Waals surface area (Å²) < 4.78 is 6.99. The van der Waals surface area contributed by atoms with Gasteiger partial charge in [0.05, 0.1) is 6.61 Å². The molecule has 2 N–H and O–H groups in total. The van der Waals surface area contributed by atoms with Gasteiger partial charge in [-0.3, -0.25) is 0 Å². The lowest BCUT2D eigenvalue weighted by Crippen LogP contribution is -2.21. The van der Waals surface area contributed by atoms with Gasteiger partial charge in [0.25, 0.3) is 0 Å². The van der Waals surface area contributed by atoms with Gasteiger partial charge in [0.1, 0.15) is 5.69 Å². The first kappa shape index (κ1) is 19.1. The third-order valence-corrected chi connectivity index (χ3v) is 4.90. The number of aromatic nitrogens is 1. The molecule has 142 valence electrons. The van der Waals surface area contributed by atoms with Crippen LogP contribution in [0.25, 0.3) is 10.9 Å². The standard InChI is InChI=1S/C22H26N2O3/c1-15-8-9-16(2)17(12-15)14-24-20-7-5-4-6-18(20)19(21(24)22(25)26)13-23-10-11-27-3/h4-9,12,23H,10-11,13-14H2,1-3H3,(H,25,26). The fourth-order valence-corrected chi connectivity index (χ4v) is 3.49. The maximum atomic E-state index is 12.2. The minimum absolute atomic E-state index is 0.349. The number of aromatic carboxylic acids is 1. The van der Waals surface area contributed by atoms with Crippen LogP contribution in [0, 0.1) is 13.8 Å². The van der Waals surface area contributed by atoms with Crippen molar-refractivity contribution in [2.75, 3.05) is 20.3 Å². The number of hydrogen-bond donors (Lipinski definition) is 2. The first-order valence-electron chi connectivity index (χ1n) is 9.12. The number of hydrogen-bond acceptors (Lipinski definition) is 3. The van der Waals surface area contributed by atoms with Crippen molar-refractivity contribution < 1.29 is 14.6 Å². The summed E-state index contributed by atoms with van der Waals surface area (Å²) in [5.41, 5.74) is 5.58. The van der Waals surface area contributed by atoms with E-state index in [0.717, 1.165) is 27.6 Å². The summed E-state index contributed by atoms with van der Waals surface area (Å²) in [6.45, 7) is 6.41. The Bertz CT molecular complexity index is 960. The molecule has 0 aliphatic rings. The fourth-order valence-electron chi connectivity index (χ4n) is 3.49. The summed E-state index contributed by atoms with van der Waals surface area (Å²) in [4.78, 5) is 12.2. The lowest BCUT2D eigenvalue weighted by atomic mass is 10.1. The molecule has 0 amide bonds. The molecule has 0 atom stereocenters. The van der Waals surface area contributed by atoms with Crippen LogP contribution >= 0.6 is 0 Å². The second-order valence-electron chi connectivity index (χ2n) is 6.84. The van der Waals surface area contributed by atoms with Gasteiger partial charge in [-0.1, -0.05) is 42.0 Å². The predicted octanol–water partition coefficient (Wildman–Crippen LogP) is 3.74. The number of benzene rings is 2. The number of carboxylic acid groups (broad SMARTS) is 1. The fraction of sp³-hybridized carbons (Fsp3) is 0.318. The lowest BCUT2D eigenvalue weighted by Gasteiger charge is -2.12. The molecule has 0 aliphatic carbocycles. The summed E-state index contributed by atoms with van der Waals surface area (Å²) in [6.07, 6.45) is 0. The second kappa shape index (κ2) is 8.37. The Morgan fingerprint density at radius 2 is 1.96 bits per heavy atom. The zero-order valence-corrected chi connectivity index (χ0v) is 16.1. The molecule has 0 radical (unpaired) electrons. The summed E-state index contributed by atoms with van der Waals surface area (Å²) in [5.74, 6) is -0.903. The summed E-state index contributed by atoms with van der Waals surface area (Å²) in [6, 6.07) is 14.2. The van der Waals surface area contributed by atoms with E-state index in [-0.39, 0.29) is 0 Å². The van der Waals surface area contributed by atoms with Crippen molar-refractivity contribution in [3.05, 3.63) is 70.4 Å². The van der Waals surface area contributed by atoms with Gasteiger partial charge in [0.15, 0.2) is 0 Å². The third kappa shape index (κ3) is 4.04. The highest BCUT2D eigenvalue weighted by Crippen LogP contribution is 2.28. The lowest BCUT2D eigenvalue weighted by molar-refractivity contribution is 0.0684. The van der Waals surface area contributed by atoms with Crippen LogP contribution in [-0.2, 0) is 17.8 Å². The van der Waals surface area contributed by atoms with E-state index in [4.69, 9.17) is 4.74 Å². The van der Waals surface area contributed by atoms with Crippen LogP contribution in [0.15, 0.2) is 42.5 Å². The van der Waals surface area contributed by atoms with Crippen molar-refractivity contribution in [1.82, 2.24) is 9.88 Å². The number of nitrogens with one attached hydrogen (secondary N) is 1. The first-order chi connectivity index (χ1) is 13.0. The van der Waals surface area contributed by atoms with E-state index in [0.29, 0.717) is 31.9 Å². The Kier molecular flexibility index (Phi) is 5.94. The molecule has 1 aromatic heterocycles. The molecule has 1 heterocycles. The van der Waals surface area contributed by atoms with Crippen molar-refractivity contribution in [1.29, 1.82) is 0 Å². The van der Waals surface area contributed by atoms with Gasteiger partial charge in [-0.05, 0) is 31.0 Å². The molecule has 5 heteroatoms. The van der Waals surface area contributed by atoms with E-state index < -0.39 is 5.97 Å². The molecule has 0 aliphatic heterocycles. The van der Waals surface area contributed by atoms with Crippen molar-refractivity contribution in [2.24, 2.45) is 0 Å². The molecular formula is C22H26N2O3. The van der Waals surface area contributed by atoms with E-state index in [1.165, 1.54) is 5.56 Å². The van der Waals surface area contributed by atoms with Gasteiger partial charge in [-0.15, -0.1) is 0 Å². The van der Waals surface area contributed by atoms with E-state index in [9.17, 15) is 9.90 Å². The molecule has 3 rings (SSSR count). The topological polar surface area (TPSA) is 63.5 Å². The van der Waals surface area contributed by atoms with E-state index in [1.807, 2.05) is 28.8 Å². The molecule has 3 aromatic rings. The van der Waals surface area contributed by atoms with Crippen molar-refractivity contribution in [3.63, 3.8) is 0 Å². The number of rotatable bonds is 8.